The van der Waals surface area contributed by atoms with Gasteiger partial charge >= 0.3 is 0 Å². The number of carbonyl (C=O) groups is 1. The van der Waals surface area contributed by atoms with Gasteiger partial charge in [-0.05, 0) is 32.3 Å². The monoisotopic (exact) mass is 392 g/mol. The van der Waals surface area contributed by atoms with Crippen molar-refractivity contribution >= 4 is 34.1 Å². The third-order valence-electron chi connectivity index (χ3n) is 4.22. The standard InChI is InChI=1S/C18H24N4O2S2/c1-12(14-7-4-3-5-8-14)20-16(23)13(2)25-18-22-21-17(26-18)19-11-15-9-6-10-24-15/h3-5,7-8,12-13,15H,6,9-11H2,1-2H3,(H,19,21)(H,20,23). The van der Waals surface area contributed by atoms with Crippen LogP contribution < -0.4 is 10.6 Å². The van der Waals surface area contributed by atoms with Gasteiger partial charge in [0.25, 0.3) is 0 Å². The molecule has 0 radical (unpaired) electrons. The summed E-state index contributed by atoms with van der Waals surface area (Å²) < 4.78 is 6.37. The molecule has 26 heavy (non-hydrogen) atoms. The second-order valence-electron chi connectivity index (χ2n) is 6.29. The summed E-state index contributed by atoms with van der Waals surface area (Å²) in [6, 6.07) is 9.92. The first-order chi connectivity index (χ1) is 12.6. The molecule has 2 heterocycles. The number of thioether (sulfide) groups is 1. The molecule has 1 aromatic heterocycles. The van der Waals surface area contributed by atoms with Gasteiger partial charge < -0.3 is 15.4 Å². The highest BCUT2D eigenvalue weighted by atomic mass is 32.2. The highest BCUT2D eigenvalue weighted by molar-refractivity contribution is 8.02. The molecule has 3 unspecified atom stereocenters. The third-order valence-corrected chi connectivity index (χ3v) is 6.28. The number of aromatic nitrogens is 2. The SMILES string of the molecule is CC(Sc1nnc(NCC2CCCO2)s1)C(=O)NC(C)c1ccccc1. The van der Waals surface area contributed by atoms with Crippen LogP contribution in [-0.2, 0) is 9.53 Å². The third kappa shape index (κ3) is 5.43. The number of ether oxygens (including phenoxy) is 1. The highest BCUT2D eigenvalue weighted by Gasteiger charge is 2.20. The minimum Gasteiger partial charge on any atom is -0.376 e. The number of nitrogens with one attached hydrogen (secondary N) is 2. The molecular weight excluding hydrogens is 368 g/mol. The number of amides is 1. The normalized spacial score (nSPS) is 19.1. The first-order valence-corrected chi connectivity index (χ1v) is 10.5. The Morgan fingerprint density at radius 1 is 1.35 bits per heavy atom. The van der Waals surface area contributed by atoms with Gasteiger partial charge in [-0.25, -0.2) is 0 Å². The molecule has 0 aliphatic carbocycles. The Kier molecular flexibility index (Phi) is 6.87. The molecule has 1 saturated heterocycles. The zero-order valence-electron chi connectivity index (χ0n) is 15.0. The number of rotatable bonds is 8. The van der Waals surface area contributed by atoms with Gasteiger partial charge in [0.15, 0.2) is 4.34 Å². The zero-order chi connectivity index (χ0) is 18.4. The number of anilines is 1. The first kappa shape index (κ1) is 19.1. The summed E-state index contributed by atoms with van der Waals surface area (Å²) in [6.07, 6.45) is 2.47. The van der Waals surface area contributed by atoms with Gasteiger partial charge in [0.1, 0.15) is 0 Å². The average molecular weight is 393 g/mol. The van der Waals surface area contributed by atoms with E-state index in [1.165, 1.54) is 23.1 Å². The Morgan fingerprint density at radius 2 is 2.15 bits per heavy atom. The molecule has 1 aromatic carbocycles. The molecule has 0 bridgehead atoms. The molecule has 1 amide bonds. The van der Waals surface area contributed by atoms with Gasteiger partial charge in [-0.1, -0.05) is 53.4 Å². The Morgan fingerprint density at radius 3 is 2.88 bits per heavy atom. The molecule has 140 valence electrons. The smallest absolute Gasteiger partial charge is 0.233 e. The summed E-state index contributed by atoms with van der Waals surface area (Å²) in [7, 11) is 0. The van der Waals surface area contributed by atoms with Crippen molar-refractivity contribution in [3.8, 4) is 0 Å². The fourth-order valence-electron chi connectivity index (χ4n) is 2.70. The second-order valence-corrected chi connectivity index (χ2v) is 8.86. The van der Waals surface area contributed by atoms with E-state index in [0.29, 0.717) is 0 Å². The summed E-state index contributed by atoms with van der Waals surface area (Å²) in [5.74, 6) is -0.00424. The predicted octanol–water partition coefficient (Wildman–Crippen LogP) is 3.49. The summed E-state index contributed by atoms with van der Waals surface area (Å²) in [6.45, 7) is 5.47. The molecule has 0 spiro atoms. The second kappa shape index (κ2) is 9.34. The van der Waals surface area contributed by atoms with Gasteiger partial charge in [0.2, 0.25) is 11.0 Å². The van der Waals surface area contributed by atoms with Gasteiger partial charge in [-0.15, -0.1) is 10.2 Å². The molecule has 8 heteroatoms. The van der Waals surface area contributed by atoms with Crippen molar-refractivity contribution in [3.05, 3.63) is 35.9 Å². The Hall–Kier alpha value is -1.64. The van der Waals surface area contributed by atoms with Gasteiger partial charge in [0.05, 0.1) is 17.4 Å². The van der Waals surface area contributed by atoms with E-state index < -0.39 is 0 Å². The van der Waals surface area contributed by atoms with E-state index in [-0.39, 0.29) is 23.3 Å². The van der Waals surface area contributed by atoms with Gasteiger partial charge in [-0.2, -0.15) is 0 Å². The molecule has 3 rings (SSSR count). The molecule has 3 atom stereocenters. The van der Waals surface area contributed by atoms with E-state index in [1.807, 2.05) is 44.2 Å². The summed E-state index contributed by atoms with van der Waals surface area (Å²) in [4.78, 5) is 12.4. The number of nitrogens with zero attached hydrogens (tertiary/aromatic N) is 2. The molecule has 1 aliphatic heterocycles. The quantitative estimate of drug-likeness (QED) is 0.670. The molecule has 0 saturated carbocycles. The van der Waals surface area contributed by atoms with Crippen molar-refractivity contribution < 1.29 is 9.53 Å². The van der Waals surface area contributed by atoms with Crippen LogP contribution in [0.5, 0.6) is 0 Å². The Bertz CT molecular complexity index is 704. The molecule has 2 aromatic rings. The Labute approximate surface area is 162 Å². The lowest BCUT2D eigenvalue weighted by molar-refractivity contribution is -0.120. The van der Waals surface area contributed by atoms with Crippen molar-refractivity contribution in [2.45, 2.75) is 48.4 Å². The summed E-state index contributed by atoms with van der Waals surface area (Å²) in [5.41, 5.74) is 1.09. The van der Waals surface area contributed by atoms with Crippen molar-refractivity contribution in [3.63, 3.8) is 0 Å². The summed E-state index contributed by atoms with van der Waals surface area (Å²) in [5, 5.41) is 15.2. The minimum atomic E-state index is -0.236. The Balaban J connectivity index is 1.46. The van der Waals surface area contributed by atoms with E-state index in [9.17, 15) is 4.79 Å². The molecule has 1 fully saturated rings. The largest absolute Gasteiger partial charge is 0.376 e. The van der Waals surface area contributed by atoms with Crippen molar-refractivity contribution in [2.24, 2.45) is 0 Å². The van der Waals surface area contributed by atoms with Crippen LogP contribution in [0.25, 0.3) is 0 Å². The molecule has 2 N–H and O–H groups in total. The lowest BCUT2D eigenvalue weighted by atomic mass is 10.1. The number of benzene rings is 1. The van der Waals surface area contributed by atoms with Crippen LogP contribution in [0.1, 0.15) is 38.3 Å². The number of hydrogen-bond donors (Lipinski definition) is 2. The van der Waals surface area contributed by atoms with Crippen molar-refractivity contribution in [2.75, 3.05) is 18.5 Å². The van der Waals surface area contributed by atoms with Gasteiger partial charge in [-0.3, -0.25) is 4.79 Å². The van der Waals surface area contributed by atoms with Crippen molar-refractivity contribution in [1.82, 2.24) is 15.5 Å². The summed E-state index contributed by atoms with van der Waals surface area (Å²) >= 11 is 2.90. The number of hydrogen-bond acceptors (Lipinski definition) is 7. The topological polar surface area (TPSA) is 76.1 Å². The average Bonchev–Trinajstić information content (AvgIpc) is 3.32. The van der Waals surface area contributed by atoms with Crippen LogP contribution in [0.15, 0.2) is 34.7 Å². The fraction of sp³-hybridized carbons (Fsp3) is 0.500. The van der Waals surface area contributed by atoms with Crippen LogP contribution in [-0.4, -0.2) is 40.6 Å². The molecule has 1 aliphatic rings. The minimum absolute atomic E-state index is 0.00424. The molecule has 6 nitrogen and oxygen atoms in total. The first-order valence-electron chi connectivity index (χ1n) is 8.83. The van der Waals surface area contributed by atoms with E-state index in [2.05, 4.69) is 20.8 Å². The van der Waals surface area contributed by atoms with E-state index in [1.54, 1.807) is 0 Å². The van der Waals surface area contributed by atoms with Crippen LogP contribution >= 0.6 is 23.1 Å². The lowest BCUT2D eigenvalue weighted by Gasteiger charge is -2.17. The van der Waals surface area contributed by atoms with E-state index in [0.717, 1.165) is 41.0 Å². The van der Waals surface area contributed by atoms with Crippen LogP contribution in [0.4, 0.5) is 5.13 Å². The zero-order valence-corrected chi connectivity index (χ0v) is 16.6. The highest BCUT2D eigenvalue weighted by Crippen LogP contribution is 2.29. The molecular formula is C18H24N4O2S2. The predicted molar refractivity (Wildman–Crippen MR) is 106 cm³/mol. The van der Waals surface area contributed by atoms with Crippen LogP contribution in [0.3, 0.4) is 0 Å². The van der Waals surface area contributed by atoms with Gasteiger partial charge in [0, 0.05) is 13.2 Å². The van der Waals surface area contributed by atoms with Crippen LogP contribution in [0, 0.1) is 0 Å². The lowest BCUT2D eigenvalue weighted by Crippen LogP contribution is -2.33. The van der Waals surface area contributed by atoms with E-state index in [4.69, 9.17) is 4.74 Å². The van der Waals surface area contributed by atoms with Crippen molar-refractivity contribution in [1.29, 1.82) is 0 Å². The maximum atomic E-state index is 12.4. The maximum absolute atomic E-state index is 12.4. The fourth-order valence-corrected chi connectivity index (χ4v) is 4.61. The van der Waals surface area contributed by atoms with Crippen LogP contribution in [0.2, 0.25) is 0 Å². The maximum Gasteiger partial charge on any atom is 0.233 e. The number of carbonyl (C=O) groups excluding carboxylic acids is 1. The van der Waals surface area contributed by atoms with E-state index >= 15 is 0 Å².